The van der Waals surface area contributed by atoms with E-state index in [1.807, 2.05) is 30.3 Å². The Balaban J connectivity index is 2.00. The van der Waals surface area contributed by atoms with Crippen LogP contribution in [0.2, 0.25) is 0 Å². The first-order valence-electron chi connectivity index (χ1n) is 9.31. The summed E-state index contributed by atoms with van der Waals surface area (Å²) in [5.74, 6) is 0.246. The van der Waals surface area contributed by atoms with E-state index in [9.17, 15) is 4.79 Å². The third-order valence-corrected chi connectivity index (χ3v) is 5.17. The van der Waals surface area contributed by atoms with Crippen LogP contribution in [0.3, 0.4) is 0 Å². The van der Waals surface area contributed by atoms with Gasteiger partial charge in [0.2, 0.25) is 0 Å². The molecule has 3 N–H and O–H groups in total. The summed E-state index contributed by atoms with van der Waals surface area (Å²) < 4.78 is 0. The summed E-state index contributed by atoms with van der Waals surface area (Å²) >= 11 is 5.02. The molecule has 2 aromatic carbocycles. The monoisotopic (exact) mass is 392 g/mol. The molecule has 0 unspecified atom stereocenters. The van der Waals surface area contributed by atoms with E-state index in [4.69, 9.17) is 17.2 Å². The highest BCUT2D eigenvalue weighted by Gasteiger charge is 2.14. The minimum Gasteiger partial charge on any atom is -0.364 e. The van der Waals surface area contributed by atoms with Crippen molar-refractivity contribution in [3.8, 4) is 11.3 Å². The zero-order chi connectivity index (χ0) is 20.1. The first-order valence-corrected chi connectivity index (χ1v) is 9.72. The van der Waals surface area contributed by atoms with Gasteiger partial charge in [0.25, 0.3) is 5.91 Å². The number of benzene rings is 2. The van der Waals surface area contributed by atoms with E-state index in [-0.39, 0.29) is 5.91 Å². The number of hydrogen-bond donors (Lipinski definition) is 3. The molecule has 3 aromatic rings. The average molecular weight is 393 g/mol. The number of fused-ring (bicyclic) bond motifs is 1. The fraction of sp³-hybridized carbons (Fsp3) is 0.227. The molecule has 3 rings (SSSR count). The van der Waals surface area contributed by atoms with Crippen LogP contribution in [0.1, 0.15) is 42.1 Å². The van der Waals surface area contributed by atoms with Crippen LogP contribution in [0.15, 0.2) is 54.6 Å². The Kier molecular flexibility index (Phi) is 6.21. The number of hydrazine groups is 1. The molecular formula is C22H24N4OS. The van der Waals surface area contributed by atoms with Gasteiger partial charge in [0, 0.05) is 18.0 Å². The number of pyridine rings is 1. The van der Waals surface area contributed by atoms with Gasteiger partial charge in [-0.1, -0.05) is 56.3 Å². The molecule has 0 saturated heterocycles. The molecule has 1 atom stereocenters. The lowest BCUT2D eigenvalue weighted by Gasteiger charge is -2.13. The van der Waals surface area contributed by atoms with Gasteiger partial charge in [0.05, 0.1) is 16.8 Å². The SMILES string of the molecule is CC[C@@H](C)c1ccc(-c2cc(C(=O)NNC(=S)NC)c3ccccc3n2)cc1. The number of thiocarbonyl (C=S) groups is 1. The minimum atomic E-state index is -0.270. The van der Waals surface area contributed by atoms with E-state index in [0.29, 0.717) is 16.6 Å². The predicted molar refractivity (Wildman–Crippen MR) is 118 cm³/mol. The second kappa shape index (κ2) is 8.80. The maximum atomic E-state index is 12.8. The number of nitrogens with one attached hydrogen (secondary N) is 3. The Labute approximate surface area is 170 Å². The average Bonchev–Trinajstić information content (AvgIpc) is 2.75. The summed E-state index contributed by atoms with van der Waals surface area (Å²) in [5, 5.41) is 3.89. The van der Waals surface area contributed by atoms with Gasteiger partial charge in [0.1, 0.15) is 0 Å². The van der Waals surface area contributed by atoms with Crippen LogP contribution in [-0.4, -0.2) is 23.1 Å². The van der Waals surface area contributed by atoms with Crippen molar-refractivity contribution in [2.45, 2.75) is 26.2 Å². The molecule has 0 aliphatic heterocycles. The van der Waals surface area contributed by atoms with Gasteiger partial charge in [-0.25, -0.2) is 4.98 Å². The van der Waals surface area contributed by atoms with Crippen LogP contribution >= 0.6 is 12.2 Å². The Morgan fingerprint density at radius 2 is 1.82 bits per heavy atom. The molecule has 1 heterocycles. The van der Waals surface area contributed by atoms with E-state index >= 15 is 0 Å². The van der Waals surface area contributed by atoms with Gasteiger partial charge in [-0.3, -0.25) is 15.6 Å². The minimum absolute atomic E-state index is 0.270. The highest BCUT2D eigenvalue weighted by Crippen LogP contribution is 2.27. The second-order valence-electron chi connectivity index (χ2n) is 6.66. The van der Waals surface area contributed by atoms with Crippen LogP contribution in [0, 0.1) is 0 Å². The fourth-order valence-electron chi connectivity index (χ4n) is 2.97. The number of hydrogen-bond acceptors (Lipinski definition) is 3. The van der Waals surface area contributed by atoms with Gasteiger partial charge < -0.3 is 5.32 Å². The summed E-state index contributed by atoms with van der Waals surface area (Å²) in [5.41, 5.74) is 9.66. The first kappa shape index (κ1) is 19.8. The highest BCUT2D eigenvalue weighted by atomic mass is 32.1. The Bertz CT molecular complexity index is 1000. The summed E-state index contributed by atoms with van der Waals surface area (Å²) in [4.78, 5) is 17.5. The molecule has 0 saturated carbocycles. The van der Waals surface area contributed by atoms with E-state index in [1.54, 1.807) is 7.05 Å². The normalized spacial score (nSPS) is 11.7. The highest BCUT2D eigenvalue weighted by molar-refractivity contribution is 7.80. The van der Waals surface area contributed by atoms with E-state index in [1.165, 1.54) is 5.56 Å². The molecule has 0 spiro atoms. The van der Waals surface area contributed by atoms with Crippen molar-refractivity contribution < 1.29 is 4.79 Å². The molecule has 0 aliphatic carbocycles. The van der Waals surface area contributed by atoms with Crippen molar-refractivity contribution in [1.29, 1.82) is 0 Å². The smallest absolute Gasteiger partial charge is 0.270 e. The quantitative estimate of drug-likeness (QED) is 0.460. The summed E-state index contributed by atoms with van der Waals surface area (Å²) in [7, 11) is 1.69. The van der Waals surface area contributed by atoms with Crippen molar-refractivity contribution in [3.05, 3.63) is 65.7 Å². The van der Waals surface area contributed by atoms with Crippen molar-refractivity contribution in [1.82, 2.24) is 21.2 Å². The Hall–Kier alpha value is -2.99. The largest absolute Gasteiger partial charge is 0.364 e. The third kappa shape index (κ3) is 4.28. The molecule has 144 valence electrons. The number of nitrogens with zero attached hydrogens (tertiary/aromatic N) is 1. The number of aromatic nitrogens is 1. The van der Waals surface area contributed by atoms with Crippen molar-refractivity contribution in [2.24, 2.45) is 0 Å². The number of carbonyl (C=O) groups is 1. The lowest BCUT2D eigenvalue weighted by Crippen LogP contribution is -2.45. The number of carbonyl (C=O) groups excluding carboxylic acids is 1. The van der Waals surface area contributed by atoms with Gasteiger partial charge in [0.15, 0.2) is 5.11 Å². The van der Waals surface area contributed by atoms with Crippen LogP contribution in [0.25, 0.3) is 22.2 Å². The lowest BCUT2D eigenvalue weighted by molar-refractivity contribution is 0.0945. The molecule has 0 bridgehead atoms. The maximum absolute atomic E-state index is 12.8. The van der Waals surface area contributed by atoms with E-state index in [0.717, 1.165) is 28.6 Å². The van der Waals surface area contributed by atoms with E-state index in [2.05, 4.69) is 54.3 Å². The molecule has 28 heavy (non-hydrogen) atoms. The summed E-state index contributed by atoms with van der Waals surface area (Å²) in [6.07, 6.45) is 1.10. The first-order chi connectivity index (χ1) is 13.5. The molecule has 1 aromatic heterocycles. The van der Waals surface area contributed by atoms with Crippen LogP contribution in [0.4, 0.5) is 0 Å². The van der Waals surface area contributed by atoms with Gasteiger partial charge >= 0.3 is 0 Å². The van der Waals surface area contributed by atoms with Crippen LogP contribution in [-0.2, 0) is 0 Å². The number of para-hydroxylation sites is 1. The van der Waals surface area contributed by atoms with Gasteiger partial charge in [-0.2, -0.15) is 0 Å². The molecule has 5 nitrogen and oxygen atoms in total. The zero-order valence-electron chi connectivity index (χ0n) is 16.2. The number of amides is 1. The maximum Gasteiger partial charge on any atom is 0.270 e. The fourth-order valence-corrected chi connectivity index (χ4v) is 3.02. The Morgan fingerprint density at radius 1 is 1.11 bits per heavy atom. The van der Waals surface area contributed by atoms with Crippen LogP contribution < -0.4 is 16.2 Å². The molecule has 0 fully saturated rings. The van der Waals surface area contributed by atoms with E-state index < -0.39 is 0 Å². The molecule has 6 heteroatoms. The number of rotatable bonds is 4. The standard InChI is InChI=1S/C22H24N4OS/c1-4-14(2)15-9-11-16(12-10-15)20-13-18(21(27)25-26-22(28)23-3)17-7-5-6-8-19(17)24-20/h5-14H,4H2,1-3H3,(H,25,27)(H2,23,26,28)/t14-/m1/s1. The van der Waals surface area contributed by atoms with Gasteiger partial charge in [-0.15, -0.1) is 0 Å². The Morgan fingerprint density at radius 3 is 2.50 bits per heavy atom. The van der Waals surface area contributed by atoms with Crippen LogP contribution in [0.5, 0.6) is 0 Å². The van der Waals surface area contributed by atoms with Crippen molar-refractivity contribution in [2.75, 3.05) is 7.05 Å². The van der Waals surface area contributed by atoms with Gasteiger partial charge in [-0.05, 0) is 42.3 Å². The second-order valence-corrected chi connectivity index (χ2v) is 7.07. The summed E-state index contributed by atoms with van der Waals surface area (Å²) in [6.45, 7) is 4.40. The predicted octanol–water partition coefficient (Wildman–Crippen LogP) is 4.15. The van der Waals surface area contributed by atoms with Crippen molar-refractivity contribution in [3.63, 3.8) is 0 Å². The van der Waals surface area contributed by atoms with Crippen molar-refractivity contribution >= 4 is 34.1 Å². The zero-order valence-corrected chi connectivity index (χ0v) is 17.1. The topological polar surface area (TPSA) is 66.1 Å². The third-order valence-electron chi connectivity index (χ3n) is 4.87. The summed E-state index contributed by atoms with van der Waals surface area (Å²) in [6, 6.07) is 17.8. The molecule has 0 aliphatic rings. The lowest BCUT2D eigenvalue weighted by atomic mass is 9.96. The molecule has 1 amide bonds. The molecular weight excluding hydrogens is 368 g/mol. The molecule has 0 radical (unpaired) electrons.